The summed E-state index contributed by atoms with van der Waals surface area (Å²) in [5, 5.41) is 0.367. The Kier molecular flexibility index (Phi) is 2.52. The molecule has 2 aromatic heterocycles. The highest BCUT2D eigenvalue weighted by molar-refractivity contribution is 7.22. The molecule has 0 unspecified atom stereocenters. The Morgan fingerprint density at radius 3 is 2.89 bits per heavy atom. The number of hydrogen-bond donors (Lipinski definition) is 1. The van der Waals surface area contributed by atoms with Crippen LogP contribution in [0.4, 0.5) is 9.52 Å². The van der Waals surface area contributed by atoms with E-state index in [1.807, 2.05) is 18.2 Å². The zero-order valence-corrected chi connectivity index (χ0v) is 10.5. The van der Waals surface area contributed by atoms with Crippen LogP contribution in [0.1, 0.15) is 0 Å². The maximum absolute atomic E-state index is 14.0. The van der Waals surface area contributed by atoms with Gasteiger partial charge >= 0.3 is 0 Å². The SMILES string of the molecule is Bc1cc(-c2ccccn2)c2sc(N)nc2c1F. The average molecular weight is 257 g/mol. The van der Waals surface area contributed by atoms with Crippen LogP contribution in [-0.4, -0.2) is 17.8 Å². The predicted molar refractivity (Wildman–Crippen MR) is 75.4 cm³/mol. The molecule has 0 bridgehead atoms. The van der Waals surface area contributed by atoms with Gasteiger partial charge in [0.15, 0.2) is 5.13 Å². The lowest BCUT2D eigenvalue weighted by Crippen LogP contribution is -2.09. The van der Waals surface area contributed by atoms with Gasteiger partial charge in [-0.05, 0) is 12.1 Å². The predicted octanol–water partition coefficient (Wildman–Crippen LogP) is 1.34. The minimum atomic E-state index is -0.308. The van der Waals surface area contributed by atoms with E-state index in [0.717, 1.165) is 16.0 Å². The van der Waals surface area contributed by atoms with Crippen molar-refractivity contribution in [2.45, 2.75) is 0 Å². The van der Waals surface area contributed by atoms with E-state index in [9.17, 15) is 4.39 Å². The number of anilines is 1. The van der Waals surface area contributed by atoms with Gasteiger partial charge < -0.3 is 5.73 Å². The standard InChI is InChI=1S/C12H9BFN3S/c13-7-5-6(8-3-1-2-4-16-8)11-10(9(7)14)17-12(15)18-11/h1-5H,13H2,(H2,15,17). The van der Waals surface area contributed by atoms with Crippen molar-refractivity contribution in [2.24, 2.45) is 0 Å². The molecule has 0 aliphatic heterocycles. The second-order valence-corrected chi connectivity index (χ2v) is 5.03. The number of aromatic nitrogens is 2. The number of fused-ring (bicyclic) bond motifs is 1. The van der Waals surface area contributed by atoms with Crippen molar-refractivity contribution in [3.63, 3.8) is 0 Å². The molecule has 0 aliphatic rings. The van der Waals surface area contributed by atoms with E-state index >= 15 is 0 Å². The molecule has 88 valence electrons. The molecular formula is C12H9BFN3S. The fraction of sp³-hybridized carbons (Fsp3) is 0. The van der Waals surface area contributed by atoms with Crippen LogP contribution in [-0.2, 0) is 0 Å². The molecule has 0 aliphatic carbocycles. The second kappa shape index (κ2) is 4.06. The summed E-state index contributed by atoms with van der Waals surface area (Å²) < 4.78 is 14.7. The maximum atomic E-state index is 14.0. The third-order valence-electron chi connectivity index (χ3n) is 2.74. The summed E-state index contributed by atoms with van der Waals surface area (Å²) in [7, 11) is 1.72. The van der Waals surface area contributed by atoms with Crippen LogP contribution in [0.3, 0.4) is 0 Å². The molecule has 3 rings (SSSR count). The fourth-order valence-electron chi connectivity index (χ4n) is 1.91. The Morgan fingerprint density at radius 2 is 2.17 bits per heavy atom. The topological polar surface area (TPSA) is 51.8 Å². The van der Waals surface area contributed by atoms with Crippen LogP contribution < -0.4 is 11.2 Å². The van der Waals surface area contributed by atoms with E-state index in [1.165, 1.54) is 11.3 Å². The first-order valence-electron chi connectivity index (χ1n) is 5.43. The highest BCUT2D eigenvalue weighted by atomic mass is 32.1. The smallest absolute Gasteiger partial charge is 0.181 e. The summed E-state index contributed by atoms with van der Waals surface area (Å²) in [4.78, 5) is 8.35. The molecule has 0 saturated carbocycles. The summed E-state index contributed by atoms with van der Waals surface area (Å²) in [6.45, 7) is 0. The van der Waals surface area contributed by atoms with Crippen LogP contribution in [0.15, 0.2) is 30.5 Å². The number of nitrogen functional groups attached to an aromatic ring is 1. The van der Waals surface area contributed by atoms with Crippen molar-refractivity contribution in [3.05, 3.63) is 36.3 Å². The maximum Gasteiger partial charge on any atom is 0.181 e. The molecule has 3 aromatic rings. The van der Waals surface area contributed by atoms with Gasteiger partial charge in [0.05, 0.1) is 10.4 Å². The van der Waals surface area contributed by atoms with Gasteiger partial charge in [-0.15, -0.1) is 0 Å². The van der Waals surface area contributed by atoms with Gasteiger partial charge in [0.25, 0.3) is 0 Å². The number of nitrogens with zero attached hydrogens (tertiary/aromatic N) is 2. The first-order chi connectivity index (χ1) is 8.66. The molecular weight excluding hydrogens is 248 g/mol. The van der Waals surface area contributed by atoms with Crippen molar-refractivity contribution in [1.82, 2.24) is 9.97 Å². The summed E-state index contributed by atoms with van der Waals surface area (Å²) in [5.74, 6) is -0.308. The van der Waals surface area contributed by atoms with Gasteiger partial charge in [-0.2, -0.15) is 0 Å². The molecule has 0 amide bonds. The van der Waals surface area contributed by atoms with Crippen molar-refractivity contribution < 1.29 is 4.39 Å². The first kappa shape index (κ1) is 11.2. The minimum Gasteiger partial charge on any atom is -0.375 e. The van der Waals surface area contributed by atoms with E-state index in [1.54, 1.807) is 20.1 Å². The first-order valence-corrected chi connectivity index (χ1v) is 6.25. The van der Waals surface area contributed by atoms with Gasteiger partial charge in [-0.3, -0.25) is 4.98 Å². The molecule has 0 atom stereocenters. The number of hydrogen-bond acceptors (Lipinski definition) is 4. The molecule has 3 nitrogen and oxygen atoms in total. The number of benzene rings is 1. The molecule has 1 aromatic carbocycles. The molecule has 6 heteroatoms. The quantitative estimate of drug-likeness (QED) is 0.669. The van der Waals surface area contributed by atoms with Crippen LogP contribution in [0.25, 0.3) is 21.5 Å². The number of pyridine rings is 1. The molecule has 0 saturated heterocycles. The Balaban J connectivity index is 2.39. The van der Waals surface area contributed by atoms with Crippen LogP contribution in [0, 0.1) is 5.82 Å². The summed E-state index contributed by atoms with van der Waals surface area (Å²) in [5.41, 5.74) is 8.23. The number of rotatable bonds is 1. The largest absolute Gasteiger partial charge is 0.375 e. The summed E-state index contributed by atoms with van der Waals surface area (Å²) >= 11 is 1.28. The zero-order chi connectivity index (χ0) is 12.7. The fourth-order valence-corrected chi connectivity index (χ4v) is 2.76. The molecule has 0 spiro atoms. The number of thiazole rings is 1. The molecule has 2 heterocycles. The lowest BCUT2D eigenvalue weighted by atomic mass is 9.92. The van der Waals surface area contributed by atoms with Crippen molar-refractivity contribution in [2.75, 3.05) is 5.73 Å². The Labute approximate surface area is 108 Å². The number of nitrogens with two attached hydrogens (primary N) is 1. The van der Waals surface area contributed by atoms with Crippen molar-refractivity contribution in [3.8, 4) is 11.3 Å². The third kappa shape index (κ3) is 1.65. The minimum absolute atomic E-state index is 0.308. The summed E-state index contributed by atoms with van der Waals surface area (Å²) in [6, 6.07) is 7.43. The Hall–Kier alpha value is -1.95. The van der Waals surface area contributed by atoms with Gasteiger partial charge in [0.1, 0.15) is 19.2 Å². The van der Waals surface area contributed by atoms with Crippen LogP contribution in [0.5, 0.6) is 0 Å². The zero-order valence-electron chi connectivity index (χ0n) is 9.64. The highest BCUT2D eigenvalue weighted by Crippen LogP contribution is 2.33. The van der Waals surface area contributed by atoms with E-state index in [-0.39, 0.29) is 5.82 Å². The summed E-state index contributed by atoms with van der Waals surface area (Å²) in [6.07, 6.45) is 1.71. The van der Waals surface area contributed by atoms with Crippen molar-refractivity contribution in [1.29, 1.82) is 0 Å². The van der Waals surface area contributed by atoms with Gasteiger partial charge in [-0.1, -0.05) is 28.9 Å². The third-order valence-corrected chi connectivity index (χ3v) is 3.66. The molecule has 18 heavy (non-hydrogen) atoms. The van der Waals surface area contributed by atoms with Gasteiger partial charge in [-0.25, -0.2) is 9.37 Å². The van der Waals surface area contributed by atoms with Crippen molar-refractivity contribution >= 4 is 40.0 Å². The van der Waals surface area contributed by atoms with E-state index < -0.39 is 0 Å². The number of halogens is 1. The van der Waals surface area contributed by atoms with E-state index in [4.69, 9.17) is 5.73 Å². The van der Waals surface area contributed by atoms with Gasteiger partial charge in [0.2, 0.25) is 0 Å². The van der Waals surface area contributed by atoms with E-state index in [2.05, 4.69) is 9.97 Å². The van der Waals surface area contributed by atoms with Crippen LogP contribution in [0.2, 0.25) is 0 Å². The van der Waals surface area contributed by atoms with Gasteiger partial charge in [0, 0.05) is 11.8 Å². The average Bonchev–Trinajstić information content (AvgIpc) is 2.77. The normalized spacial score (nSPS) is 10.9. The lowest BCUT2D eigenvalue weighted by Gasteiger charge is -2.05. The molecule has 0 fully saturated rings. The lowest BCUT2D eigenvalue weighted by molar-refractivity contribution is 0.645. The highest BCUT2D eigenvalue weighted by Gasteiger charge is 2.15. The monoisotopic (exact) mass is 257 g/mol. The Bertz CT molecular complexity index is 727. The Morgan fingerprint density at radius 1 is 1.33 bits per heavy atom. The van der Waals surface area contributed by atoms with Crippen LogP contribution >= 0.6 is 11.3 Å². The van der Waals surface area contributed by atoms with E-state index in [0.29, 0.717) is 16.1 Å². The molecule has 2 N–H and O–H groups in total. The second-order valence-electron chi connectivity index (χ2n) is 4.00. The molecule has 0 radical (unpaired) electrons.